The van der Waals surface area contributed by atoms with Gasteiger partial charge in [0.15, 0.2) is 0 Å². The lowest BCUT2D eigenvalue weighted by Crippen LogP contribution is -2.24. The van der Waals surface area contributed by atoms with Crippen LogP contribution in [0, 0.1) is 11.2 Å². The van der Waals surface area contributed by atoms with Gasteiger partial charge in [-0.15, -0.1) is 11.6 Å². The van der Waals surface area contributed by atoms with Gasteiger partial charge < -0.3 is 4.57 Å². The number of rotatable bonds is 2. The van der Waals surface area contributed by atoms with Gasteiger partial charge in [-0.1, -0.05) is 13.8 Å². The first-order valence-electron chi connectivity index (χ1n) is 7.22. The smallest absolute Gasteiger partial charge is 0.125 e. The molecule has 0 amide bonds. The second-order valence-corrected chi connectivity index (χ2v) is 6.83. The Labute approximate surface area is 123 Å². The fourth-order valence-corrected chi connectivity index (χ4v) is 3.45. The van der Waals surface area contributed by atoms with E-state index in [0.717, 1.165) is 29.7 Å². The molecule has 1 saturated carbocycles. The van der Waals surface area contributed by atoms with Crippen molar-refractivity contribution in [2.45, 2.75) is 51.5 Å². The summed E-state index contributed by atoms with van der Waals surface area (Å²) in [6, 6.07) is 5.17. The minimum atomic E-state index is -0.212. The lowest BCUT2D eigenvalue weighted by Gasteiger charge is -2.35. The Morgan fingerprint density at radius 3 is 2.70 bits per heavy atom. The monoisotopic (exact) mass is 294 g/mol. The van der Waals surface area contributed by atoms with Crippen molar-refractivity contribution in [3.05, 3.63) is 29.8 Å². The first-order valence-corrected chi connectivity index (χ1v) is 7.76. The number of hydrogen-bond acceptors (Lipinski definition) is 1. The number of nitrogens with zero attached hydrogens (tertiary/aromatic N) is 2. The van der Waals surface area contributed by atoms with Crippen molar-refractivity contribution < 1.29 is 4.39 Å². The van der Waals surface area contributed by atoms with Crippen LogP contribution >= 0.6 is 11.6 Å². The van der Waals surface area contributed by atoms with Crippen molar-refractivity contribution in [2.75, 3.05) is 0 Å². The fraction of sp³-hybridized carbons (Fsp3) is 0.562. The topological polar surface area (TPSA) is 17.8 Å². The second kappa shape index (κ2) is 5.03. The van der Waals surface area contributed by atoms with Gasteiger partial charge in [0.25, 0.3) is 0 Å². The highest BCUT2D eigenvalue weighted by Crippen LogP contribution is 2.41. The molecule has 1 aromatic heterocycles. The minimum Gasteiger partial charge on any atom is -0.324 e. The normalized spacial score (nSPS) is 19.6. The maximum atomic E-state index is 13.5. The standard InChI is InChI=1S/C16H20ClFN2/c1-16(2)7-5-12(6-8-16)20-14-9-11(18)3-4-13(14)19-15(20)10-17/h3-4,9,12H,5-8,10H2,1-2H3. The maximum absolute atomic E-state index is 13.5. The van der Waals surface area contributed by atoms with Gasteiger partial charge in [-0.05, 0) is 49.3 Å². The van der Waals surface area contributed by atoms with Crippen LogP contribution in [0.3, 0.4) is 0 Å². The molecule has 1 aliphatic rings. The lowest BCUT2D eigenvalue weighted by molar-refractivity contribution is 0.194. The van der Waals surface area contributed by atoms with E-state index in [1.165, 1.54) is 18.9 Å². The average molecular weight is 295 g/mol. The van der Waals surface area contributed by atoms with Gasteiger partial charge >= 0.3 is 0 Å². The van der Waals surface area contributed by atoms with Crippen LogP contribution in [0.25, 0.3) is 11.0 Å². The molecule has 2 aromatic rings. The van der Waals surface area contributed by atoms with Crippen LogP contribution in [0.5, 0.6) is 0 Å². The largest absolute Gasteiger partial charge is 0.324 e. The van der Waals surface area contributed by atoms with Gasteiger partial charge in [-0.3, -0.25) is 0 Å². The van der Waals surface area contributed by atoms with E-state index < -0.39 is 0 Å². The first kappa shape index (κ1) is 13.9. The molecule has 0 bridgehead atoms. The molecule has 0 radical (unpaired) electrons. The molecule has 1 aromatic carbocycles. The third-order valence-electron chi connectivity index (χ3n) is 4.52. The molecule has 0 unspecified atom stereocenters. The second-order valence-electron chi connectivity index (χ2n) is 6.56. The molecule has 1 heterocycles. The van der Waals surface area contributed by atoms with E-state index in [0.29, 0.717) is 17.3 Å². The van der Waals surface area contributed by atoms with Gasteiger partial charge in [-0.25, -0.2) is 9.37 Å². The summed E-state index contributed by atoms with van der Waals surface area (Å²) in [7, 11) is 0. The molecular formula is C16H20ClFN2. The van der Waals surface area contributed by atoms with Crippen molar-refractivity contribution >= 4 is 22.6 Å². The van der Waals surface area contributed by atoms with Gasteiger partial charge in [0.05, 0.1) is 16.9 Å². The number of imidazole rings is 1. The Morgan fingerprint density at radius 2 is 2.05 bits per heavy atom. The zero-order valence-electron chi connectivity index (χ0n) is 12.0. The van der Waals surface area contributed by atoms with Gasteiger partial charge in [0, 0.05) is 6.04 Å². The highest BCUT2D eigenvalue weighted by atomic mass is 35.5. The molecule has 4 heteroatoms. The van der Waals surface area contributed by atoms with Crippen LogP contribution in [-0.2, 0) is 5.88 Å². The Bertz CT molecular complexity index is 623. The molecular weight excluding hydrogens is 275 g/mol. The van der Waals surface area contributed by atoms with E-state index in [-0.39, 0.29) is 5.82 Å². The molecule has 0 N–H and O–H groups in total. The van der Waals surface area contributed by atoms with Crippen molar-refractivity contribution in [2.24, 2.45) is 5.41 Å². The SMILES string of the molecule is CC1(C)CCC(n2c(CCl)nc3ccc(F)cc32)CC1. The summed E-state index contributed by atoms with van der Waals surface area (Å²) in [5.74, 6) is 1.02. The summed E-state index contributed by atoms with van der Waals surface area (Å²) in [5.41, 5.74) is 2.14. The van der Waals surface area contributed by atoms with E-state index in [1.54, 1.807) is 12.1 Å². The van der Waals surface area contributed by atoms with Crippen LogP contribution in [0.15, 0.2) is 18.2 Å². The van der Waals surface area contributed by atoms with Crippen LogP contribution in [0.2, 0.25) is 0 Å². The minimum absolute atomic E-state index is 0.212. The van der Waals surface area contributed by atoms with Gasteiger partial charge in [0.1, 0.15) is 11.6 Å². The number of hydrogen-bond donors (Lipinski definition) is 0. The molecule has 3 rings (SSSR count). The van der Waals surface area contributed by atoms with E-state index in [4.69, 9.17) is 11.6 Å². The van der Waals surface area contributed by atoms with E-state index in [1.807, 2.05) is 0 Å². The van der Waals surface area contributed by atoms with Crippen LogP contribution in [0.1, 0.15) is 51.4 Å². The Balaban J connectivity index is 2.03. The highest BCUT2D eigenvalue weighted by molar-refractivity contribution is 6.16. The number of halogens is 2. The summed E-state index contributed by atoms with van der Waals surface area (Å²) in [4.78, 5) is 4.55. The molecule has 0 atom stereocenters. The Kier molecular flexibility index (Phi) is 3.49. The Morgan fingerprint density at radius 1 is 1.35 bits per heavy atom. The van der Waals surface area contributed by atoms with Crippen molar-refractivity contribution in [3.8, 4) is 0 Å². The van der Waals surface area contributed by atoms with Crippen molar-refractivity contribution in [3.63, 3.8) is 0 Å². The quantitative estimate of drug-likeness (QED) is 0.708. The third kappa shape index (κ3) is 2.44. The number of alkyl halides is 1. The zero-order chi connectivity index (χ0) is 14.3. The van der Waals surface area contributed by atoms with E-state index in [2.05, 4.69) is 23.4 Å². The molecule has 1 fully saturated rings. The third-order valence-corrected chi connectivity index (χ3v) is 4.76. The Hall–Kier alpha value is -1.09. The van der Waals surface area contributed by atoms with Crippen molar-refractivity contribution in [1.29, 1.82) is 0 Å². The molecule has 1 aliphatic carbocycles. The predicted molar refractivity (Wildman–Crippen MR) is 80.5 cm³/mol. The molecule has 0 spiro atoms. The number of benzene rings is 1. The lowest BCUT2D eigenvalue weighted by atomic mass is 9.75. The highest BCUT2D eigenvalue weighted by Gasteiger charge is 2.29. The molecule has 0 aliphatic heterocycles. The molecule has 108 valence electrons. The average Bonchev–Trinajstić information content (AvgIpc) is 2.76. The van der Waals surface area contributed by atoms with Crippen LogP contribution < -0.4 is 0 Å². The summed E-state index contributed by atoms with van der Waals surface area (Å²) in [6.45, 7) is 4.63. The summed E-state index contributed by atoms with van der Waals surface area (Å²) >= 11 is 6.04. The summed E-state index contributed by atoms with van der Waals surface area (Å²) in [5, 5.41) is 0. The van der Waals surface area contributed by atoms with E-state index >= 15 is 0 Å². The van der Waals surface area contributed by atoms with Crippen LogP contribution in [0.4, 0.5) is 4.39 Å². The zero-order valence-corrected chi connectivity index (χ0v) is 12.8. The van der Waals surface area contributed by atoms with Gasteiger partial charge in [-0.2, -0.15) is 0 Å². The number of fused-ring (bicyclic) bond motifs is 1. The summed E-state index contributed by atoms with van der Waals surface area (Å²) < 4.78 is 15.7. The number of aromatic nitrogens is 2. The maximum Gasteiger partial charge on any atom is 0.125 e. The molecule has 2 nitrogen and oxygen atoms in total. The molecule has 20 heavy (non-hydrogen) atoms. The van der Waals surface area contributed by atoms with Crippen LogP contribution in [-0.4, -0.2) is 9.55 Å². The molecule has 0 saturated heterocycles. The fourth-order valence-electron chi connectivity index (χ4n) is 3.26. The van der Waals surface area contributed by atoms with Crippen molar-refractivity contribution in [1.82, 2.24) is 9.55 Å². The summed E-state index contributed by atoms with van der Waals surface area (Å²) in [6.07, 6.45) is 4.60. The first-order chi connectivity index (χ1) is 9.50. The van der Waals surface area contributed by atoms with E-state index in [9.17, 15) is 4.39 Å². The predicted octanol–water partition coefficient (Wildman–Crippen LogP) is 5.06. The van der Waals surface area contributed by atoms with Gasteiger partial charge in [0.2, 0.25) is 0 Å².